The van der Waals surface area contributed by atoms with Crippen LogP contribution in [-0.2, 0) is 11.3 Å². The normalized spacial score (nSPS) is 11.6. The van der Waals surface area contributed by atoms with Crippen LogP contribution < -0.4 is 19.7 Å². The molecule has 1 amide bonds. The molecule has 0 bridgehead atoms. The van der Waals surface area contributed by atoms with Crippen molar-refractivity contribution in [2.24, 2.45) is 0 Å². The molecular formula is C19H25N2O3+. The molecule has 0 radical (unpaired) electrons. The van der Waals surface area contributed by atoms with Crippen LogP contribution in [0.3, 0.4) is 0 Å². The Morgan fingerprint density at radius 3 is 2.50 bits per heavy atom. The molecule has 5 nitrogen and oxygen atoms in total. The van der Waals surface area contributed by atoms with Gasteiger partial charge in [-0.2, -0.15) is 0 Å². The third kappa shape index (κ3) is 5.28. The quantitative estimate of drug-likeness (QED) is 0.776. The lowest BCUT2D eigenvalue weighted by atomic mass is 10.2. The topological polar surface area (TPSA) is 52.0 Å². The van der Waals surface area contributed by atoms with Crippen LogP contribution in [-0.4, -0.2) is 33.7 Å². The van der Waals surface area contributed by atoms with Crippen molar-refractivity contribution in [3.8, 4) is 11.5 Å². The van der Waals surface area contributed by atoms with Gasteiger partial charge in [-0.25, -0.2) is 0 Å². The van der Waals surface area contributed by atoms with E-state index in [1.807, 2.05) is 18.2 Å². The number of anilines is 1. The SMILES string of the molecule is COc1ccc(NC(=O)CC[NH+](C)Cc2ccccc2)c(OC)c1. The minimum atomic E-state index is -0.0223. The van der Waals surface area contributed by atoms with Crippen LogP contribution in [0.5, 0.6) is 11.5 Å². The maximum Gasteiger partial charge on any atom is 0.230 e. The monoisotopic (exact) mass is 329 g/mol. The van der Waals surface area contributed by atoms with Crippen molar-refractivity contribution in [3.63, 3.8) is 0 Å². The number of hydrogen-bond donors (Lipinski definition) is 2. The van der Waals surface area contributed by atoms with Crippen LogP contribution >= 0.6 is 0 Å². The summed E-state index contributed by atoms with van der Waals surface area (Å²) in [6, 6.07) is 15.6. The van der Waals surface area contributed by atoms with Crippen molar-refractivity contribution < 1.29 is 19.2 Å². The van der Waals surface area contributed by atoms with Gasteiger partial charge in [0.15, 0.2) is 0 Å². The lowest BCUT2D eigenvalue weighted by Crippen LogP contribution is -3.07. The van der Waals surface area contributed by atoms with Crippen LogP contribution in [0.1, 0.15) is 12.0 Å². The van der Waals surface area contributed by atoms with Crippen molar-refractivity contribution in [2.75, 3.05) is 33.1 Å². The highest BCUT2D eigenvalue weighted by molar-refractivity contribution is 5.92. The molecule has 24 heavy (non-hydrogen) atoms. The average Bonchev–Trinajstić information content (AvgIpc) is 2.61. The molecule has 1 unspecified atom stereocenters. The predicted molar refractivity (Wildman–Crippen MR) is 94.7 cm³/mol. The van der Waals surface area contributed by atoms with Gasteiger partial charge in [0.05, 0.1) is 39.9 Å². The van der Waals surface area contributed by atoms with Gasteiger partial charge in [0.1, 0.15) is 18.0 Å². The first-order chi connectivity index (χ1) is 11.6. The lowest BCUT2D eigenvalue weighted by Gasteiger charge is -2.15. The Hall–Kier alpha value is -2.53. The number of rotatable bonds is 8. The Balaban J connectivity index is 1.85. The second kappa shape index (κ2) is 8.93. The molecule has 0 aliphatic rings. The summed E-state index contributed by atoms with van der Waals surface area (Å²) in [5.41, 5.74) is 1.93. The molecule has 5 heteroatoms. The number of methoxy groups -OCH3 is 2. The van der Waals surface area contributed by atoms with Gasteiger partial charge in [-0.3, -0.25) is 4.79 Å². The molecule has 0 aromatic heterocycles. The molecule has 0 aliphatic heterocycles. The summed E-state index contributed by atoms with van der Waals surface area (Å²) >= 11 is 0. The van der Waals surface area contributed by atoms with Crippen molar-refractivity contribution >= 4 is 11.6 Å². The minimum Gasteiger partial charge on any atom is -0.497 e. The van der Waals surface area contributed by atoms with Crippen molar-refractivity contribution in [1.29, 1.82) is 0 Å². The van der Waals surface area contributed by atoms with Crippen LogP contribution in [0.4, 0.5) is 5.69 Å². The fraction of sp³-hybridized carbons (Fsp3) is 0.316. The van der Waals surface area contributed by atoms with Crippen LogP contribution in [0.25, 0.3) is 0 Å². The number of quaternary nitrogens is 1. The summed E-state index contributed by atoms with van der Waals surface area (Å²) in [4.78, 5) is 13.5. The van der Waals surface area contributed by atoms with Gasteiger partial charge >= 0.3 is 0 Å². The Morgan fingerprint density at radius 2 is 1.83 bits per heavy atom. The molecule has 2 aromatic carbocycles. The molecule has 0 saturated carbocycles. The zero-order valence-electron chi connectivity index (χ0n) is 14.5. The number of carbonyl (C=O) groups is 1. The molecule has 2 N–H and O–H groups in total. The number of nitrogens with one attached hydrogen (secondary N) is 2. The summed E-state index contributed by atoms with van der Waals surface area (Å²) in [6.45, 7) is 1.67. The zero-order chi connectivity index (χ0) is 17.4. The number of amides is 1. The zero-order valence-corrected chi connectivity index (χ0v) is 14.5. The van der Waals surface area contributed by atoms with E-state index in [2.05, 4.69) is 24.5 Å². The van der Waals surface area contributed by atoms with E-state index >= 15 is 0 Å². The highest BCUT2D eigenvalue weighted by atomic mass is 16.5. The number of hydrogen-bond acceptors (Lipinski definition) is 3. The van der Waals surface area contributed by atoms with Crippen molar-refractivity contribution in [2.45, 2.75) is 13.0 Å². The second-order valence-corrected chi connectivity index (χ2v) is 5.73. The Kier molecular flexibility index (Phi) is 6.63. The maximum atomic E-state index is 12.2. The highest BCUT2D eigenvalue weighted by Crippen LogP contribution is 2.28. The van der Waals surface area contributed by atoms with E-state index in [1.54, 1.807) is 32.4 Å². The van der Waals surface area contributed by atoms with Gasteiger partial charge < -0.3 is 19.7 Å². The van der Waals surface area contributed by atoms with Gasteiger partial charge in [-0.1, -0.05) is 30.3 Å². The number of carbonyl (C=O) groups excluding carboxylic acids is 1. The van der Waals surface area contributed by atoms with E-state index < -0.39 is 0 Å². The van der Waals surface area contributed by atoms with E-state index in [0.717, 1.165) is 13.1 Å². The number of ether oxygens (including phenoxy) is 2. The summed E-state index contributed by atoms with van der Waals surface area (Å²) in [6.07, 6.45) is 0.452. The third-order valence-corrected chi connectivity index (χ3v) is 3.81. The molecular weight excluding hydrogens is 304 g/mol. The third-order valence-electron chi connectivity index (χ3n) is 3.81. The summed E-state index contributed by atoms with van der Waals surface area (Å²) in [5.74, 6) is 1.26. The summed E-state index contributed by atoms with van der Waals surface area (Å²) in [7, 11) is 5.26. The molecule has 128 valence electrons. The van der Waals surface area contributed by atoms with Gasteiger partial charge in [-0.15, -0.1) is 0 Å². The van der Waals surface area contributed by atoms with Gasteiger partial charge in [0.2, 0.25) is 5.91 Å². The Labute approximate surface area is 143 Å². The first kappa shape index (κ1) is 17.8. The first-order valence-corrected chi connectivity index (χ1v) is 7.99. The molecule has 2 rings (SSSR count). The van der Waals surface area contributed by atoms with E-state index in [1.165, 1.54) is 10.5 Å². The minimum absolute atomic E-state index is 0.0223. The second-order valence-electron chi connectivity index (χ2n) is 5.73. The van der Waals surface area contributed by atoms with E-state index in [9.17, 15) is 4.79 Å². The molecule has 0 fully saturated rings. The first-order valence-electron chi connectivity index (χ1n) is 7.99. The van der Waals surface area contributed by atoms with E-state index in [4.69, 9.17) is 9.47 Å². The fourth-order valence-electron chi connectivity index (χ4n) is 2.47. The summed E-state index contributed by atoms with van der Waals surface area (Å²) < 4.78 is 10.4. The van der Waals surface area contributed by atoms with E-state index in [-0.39, 0.29) is 5.91 Å². The van der Waals surface area contributed by atoms with Crippen LogP contribution in [0, 0.1) is 0 Å². The Bertz CT molecular complexity index is 659. The fourth-order valence-corrected chi connectivity index (χ4v) is 2.47. The molecule has 0 heterocycles. The summed E-state index contributed by atoms with van der Waals surface area (Å²) in [5, 5.41) is 2.90. The van der Waals surface area contributed by atoms with Gasteiger partial charge in [0.25, 0.3) is 0 Å². The molecule has 0 saturated heterocycles. The van der Waals surface area contributed by atoms with Crippen molar-refractivity contribution in [3.05, 3.63) is 54.1 Å². The Morgan fingerprint density at radius 1 is 1.08 bits per heavy atom. The molecule has 0 spiro atoms. The van der Waals surface area contributed by atoms with Crippen LogP contribution in [0.2, 0.25) is 0 Å². The maximum absolute atomic E-state index is 12.2. The van der Waals surface area contributed by atoms with E-state index in [0.29, 0.717) is 23.6 Å². The highest BCUT2D eigenvalue weighted by Gasteiger charge is 2.11. The number of benzene rings is 2. The van der Waals surface area contributed by atoms with Gasteiger partial charge in [-0.05, 0) is 12.1 Å². The van der Waals surface area contributed by atoms with Crippen LogP contribution in [0.15, 0.2) is 48.5 Å². The predicted octanol–water partition coefficient (Wildman–Crippen LogP) is 1.75. The largest absolute Gasteiger partial charge is 0.497 e. The van der Waals surface area contributed by atoms with Gasteiger partial charge in [0, 0.05) is 11.6 Å². The standard InChI is InChI=1S/C19H24N2O3/c1-21(14-15-7-5-4-6-8-15)12-11-19(22)20-17-10-9-16(23-2)13-18(17)24-3/h4-10,13H,11-12,14H2,1-3H3,(H,20,22)/p+1. The molecule has 0 aliphatic carbocycles. The van der Waals surface area contributed by atoms with Crippen molar-refractivity contribution in [1.82, 2.24) is 0 Å². The average molecular weight is 329 g/mol. The molecule has 2 aromatic rings. The smallest absolute Gasteiger partial charge is 0.230 e. The molecule has 1 atom stereocenters. The lowest BCUT2D eigenvalue weighted by molar-refractivity contribution is -0.893.